The van der Waals surface area contributed by atoms with Gasteiger partial charge in [-0.3, -0.25) is 19.3 Å². The summed E-state index contributed by atoms with van der Waals surface area (Å²) in [4.78, 5) is 46.6. The predicted octanol–water partition coefficient (Wildman–Crippen LogP) is 0.910. The van der Waals surface area contributed by atoms with Crippen LogP contribution in [0.2, 0.25) is 0 Å². The SMILES string of the molecule is O=C(CN1C(=O)[C@H]2[C@@H]3C=C[C@@H]([C@H]4C[C@H]34)[C@@H]2C1=O)Nc1cccnc1N1CCOCC1. The number of anilines is 2. The number of rotatable bonds is 4. The number of imide groups is 1. The zero-order chi connectivity index (χ0) is 20.4. The number of ether oxygens (including phenoxy) is 1. The molecule has 2 bridgehead atoms. The number of carbonyl (C=O) groups excluding carboxylic acids is 3. The zero-order valence-corrected chi connectivity index (χ0v) is 16.6. The Kier molecular flexibility index (Phi) is 3.99. The van der Waals surface area contributed by atoms with E-state index in [2.05, 4.69) is 27.4 Å². The lowest BCUT2D eigenvalue weighted by Crippen LogP contribution is -2.40. The highest BCUT2D eigenvalue weighted by Gasteiger charge is 2.67. The van der Waals surface area contributed by atoms with Crippen molar-refractivity contribution in [1.82, 2.24) is 9.88 Å². The highest BCUT2D eigenvalue weighted by molar-refractivity contribution is 6.09. The number of carbonyl (C=O) groups is 3. The first-order valence-corrected chi connectivity index (χ1v) is 10.7. The summed E-state index contributed by atoms with van der Waals surface area (Å²) in [7, 11) is 0. The molecule has 3 amide bonds. The predicted molar refractivity (Wildman–Crippen MR) is 107 cm³/mol. The van der Waals surface area contributed by atoms with E-state index in [1.54, 1.807) is 18.3 Å². The Morgan fingerprint density at radius 2 is 1.77 bits per heavy atom. The second kappa shape index (κ2) is 6.63. The molecule has 2 saturated heterocycles. The topological polar surface area (TPSA) is 91.8 Å². The third-order valence-electron chi connectivity index (χ3n) is 7.43. The molecule has 4 aliphatic carbocycles. The Morgan fingerprint density at radius 1 is 1.10 bits per heavy atom. The van der Waals surface area contributed by atoms with Crippen molar-refractivity contribution < 1.29 is 19.1 Å². The van der Waals surface area contributed by atoms with Gasteiger partial charge in [-0.05, 0) is 42.2 Å². The van der Waals surface area contributed by atoms with Crippen LogP contribution in [0.4, 0.5) is 11.5 Å². The molecule has 6 atom stereocenters. The van der Waals surface area contributed by atoms with Crippen molar-refractivity contribution in [3.8, 4) is 0 Å². The van der Waals surface area contributed by atoms with E-state index in [-0.39, 0.29) is 47.9 Å². The minimum Gasteiger partial charge on any atom is -0.378 e. The average Bonchev–Trinajstić information content (AvgIpc) is 3.56. The van der Waals surface area contributed by atoms with Gasteiger partial charge in [0.15, 0.2) is 5.82 Å². The van der Waals surface area contributed by atoms with Crippen molar-refractivity contribution in [2.75, 3.05) is 43.1 Å². The highest BCUT2D eigenvalue weighted by atomic mass is 16.5. The van der Waals surface area contributed by atoms with Gasteiger partial charge in [-0.15, -0.1) is 0 Å². The number of morpholine rings is 1. The first-order valence-electron chi connectivity index (χ1n) is 10.7. The van der Waals surface area contributed by atoms with Gasteiger partial charge in [-0.25, -0.2) is 4.98 Å². The van der Waals surface area contributed by atoms with Crippen molar-refractivity contribution in [3.63, 3.8) is 0 Å². The molecule has 3 heterocycles. The van der Waals surface area contributed by atoms with Gasteiger partial charge in [0.05, 0.1) is 30.7 Å². The molecule has 8 heteroatoms. The second-order valence-corrected chi connectivity index (χ2v) is 8.94. The van der Waals surface area contributed by atoms with Crippen LogP contribution in [0.25, 0.3) is 0 Å². The maximum absolute atomic E-state index is 13.1. The van der Waals surface area contributed by atoms with E-state index < -0.39 is 0 Å². The van der Waals surface area contributed by atoms with Crippen LogP contribution < -0.4 is 10.2 Å². The Morgan fingerprint density at radius 3 is 2.43 bits per heavy atom. The standard InChI is InChI=1S/C22H24N4O4/c27-17(24-16-2-1-5-23-20(16)25-6-8-30-9-7-25)11-26-21(28)18-12-3-4-13(15-10-14(12)15)19(18)22(26)29/h1-5,12-15,18-19H,6-11H2,(H,24,27)/t12-,13+,14-,15-,18+,19+/m1/s1. The van der Waals surface area contributed by atoms with E-state index in [1.165, 1.54) is 4.90 Å². The molecular formula is C22H24N4O4. The maximum Gasteiger partial charge on any atom is 0.244 e. The molecular weight excluding hydrogens is 384 g/mol. The average molecular weight is 408 g/mol. The molecule has 7 rings (SSSR count). The van der Waals surface area contributed by atoms with Crippen LogP contribution in [0.1, 0.15) is 6.42 Å². The molecule has 30 heavy (non-hydrogen) atoms. The van der Waals surface area contributed by atoms with Gasteiger partial charge in [-0.1, -0.05) is 12.2 Å². The van der Waals surface area contributed by atoms with Crippen LogP contribution in [0, 0.1) is 35.5 Å². The molecule has 1 aromatic rings. The Balaban J connectivity index is 1.18. The Hall–Kier alpha value is -2.74. The first kappa shape index (κ1) is 18.1. The minimum absolute atomic E-state index is 0.167. The number of hydrogen-bond donors (Lipinski definition) is 1. The normalized spacial score (nSPS) is 36.0. The number of aromatic nitrogens is 1. The molecule has 0 spiro atoms. The fourth-order valence-corrected chi connectivity index (χ4v) is 6.03. The van der Waals surface area contributed by atoms with E-state index in [4.69, 9.17) is 4.74 Å². The summed E-state index contributed by atoms with van der Waals surface area (Å²) in [5, 5.41) is 2.87. The van der Waals surface area contributed by atoms with Crippen LogP contribution in [-0.4, -0.2) is 60.5 Å². The minimum atomic E-state index is -0.372. The van der Waals surface area contributed by atoms with Gasteiger partial charge < -0.3 is 15.0 Å². The lowest BCUT2D eigenvalue weighted by molar-refractivity contribution is -0.142. The summed E-state index contributed by atoms with van der Waals surface area (Å²) in [6.45, 7) is 2.38. The summed E-state index contributed by atoms with van der Waals surface area (Å²) in [5.74, 6) is 0.858. The van der Waals surface area contributed by atoms with E-state index in [0.29, 0.717) is 49.6 Å². The highest BCUT2D eigenvalue weighted by Crippen LogP contribution is 2.65. The fourth-order valence-electron chi connectivity index (χ4n) is 6.03. The van der Waals surface area contributed by atoms with Crippen LogP contribution in [-0.2, 0) is 19.1 Å². The number of likely N-dealkylation sites (tertiary alicyclic amines) is 1. The number of pyridine rings is 1. The van der Waals surface area contributed by atoms with Gasteiger partial charge in [0.25, 0.3) is 0 Å². The summed E-state index contributed by atoms with van der Waals surface area (Å²) in [5.41, 5.74) is 0.587. The van der Waals surface area contributed by atoms with E-state index in [9.17, 15) is 14.4 Å². The van der Waals surface area contributed by atoms with Gasteiger partial charge in [-0.2, -0.15) is 0 Å². The van der Waals surface area contributed by atoms with Crippen molar-refractivity contribution in [1.29, 1.82) is 0 Å². The lowest BCUT2D eigenvalue weighted by atomic mass is 9.63. The van der Waals surface area contributed by atoms with Crippen molar-refractivity contribution >= 4 is 29.2 Å². The second-order valence-electron chi connectivity index (χ2n) is 8.94. The molecule has 1 N–H and O–H groups in total. The van der Waals surface area contributed by atoms with Crippen molar-refractivity contribution in [2.24, 2.45) is 35.5 Å². The Labute approximate surface area is 174 Å². The summed E-state index contributed by atoms with van der Waals surface area (Å²) < 4.78 is 5.39. The van der Waals surface area contributed by atoms with Crippen molar-refractivity contribution in [3.05, 3.63) is 30.5 Å². The van der Waals surface area contributed by atoms with E-state index >= 15 is 0 Å². The molecule has 6 aliphatic rings. The molecule has 2 saturated carbocycles. The fraction of sp³-hybridized carbons (Fsp3) is 0.545. The molecule has 4 fully saturated rings. The van der Waals surface area contributed by atoms with Gasteiger partial charge in [0.1, 0.15) is 6.54 Å². The number of nitrogens with one attached hydrogen (secondary N) is 1. The zero-order valence-electron chi connectivity index (χ0n) is 16.6. The van der Waals surface area contributed by atoms with Gasteiger partial charge in [0, 0.05) is 19.3 Å². The smallest absolute Gasteiger partial charge is 0.244 e. The molecule has 8 nitrogen and oxygen atoms in total. The molecule has 2 aliphatic heterocycles. The third kappa shape index (κ3) is 2.62. The summed E-state index contributed by atoms with van der Waals surface area (Å²) in [6.07, 6.45) is 7.09. The maximum atomic E-state index is 13.1. The largest absolute Gasteiger partial charge is 0.378 e. The van der Waals surface area contributed by atoms with Crippen LogP contribution >= 0.6 is 0 Å². The monoisotopic (exact) mass is 408 g/mol. The lowest BCUT2D eigenvalue weighted by Gasteiger charge is -2.37. The summed E-state index contributed by atoms with van der Waals surface area (Å²) in [6, 6.07) is 3.55. The van der Waals surface area contributed by atoms with Gasteiger partial charge in [0.2, 0.25) is 17.7 Å². The Bertz CT molecular complexity index is 920. The van der Waals surface area contributed by atoms with Crippen molar-refractivity contribution in [2.45, 2.75) is 6.42 Å². The molecule has 0 aromatic carbocycles. The molecule has 0 radical (unpaired) electrons. The molecule has 156 valence electrons. The number of nitrogens with zero attached hydrogens (tertiary/aromatic N) is 3. The van der Waals surface area contributed by atoms with Crippen LogP contribution in [0.5, 0.6) is 0 Å². The number of hydrogen-bond acceptors (Lipinski definition) is 6. The molecule has 1 aromatic heterocycles. The first-order chi connectivity index (χ1) is 14.6. The van der Waals surface area contributed by atoms with Crippen LogP contribution in [0.3, 0.4) is 0 Å². The number of allylic oxidation sites excluding steroid dienone is 2. The number of amides is 3. The summed E-state index contributed by atoms with van der Waals surface area (Å²) >= 11 is 0. The van der Waals surface area contributed by atoms with Gasteiger partial charge >= 0.3 is 0 Å². The van der Waals surface area contributed by atoms with E-state index in [0.717, 1.165) is 6.42 Å². The third-order valence-corrected chi connectivity index (χ3v) is 7.43. The van der Waals surface area contributed by atoms with E-state index in [1.807, 2.05) is 0 Å². The molecule has 0 unspecified atom stereocenters. The quantitative estimate of drug-likeness (QED) is 0.588. The van der Waals surface area contributed by atoms with Crippen LogP contribution in [0.15, 0.2) is 30.5 Å².